The molecule has 0 N–H and O–H groups in total. The molecule has 5 heteroatoms. The molecule has 2 aromatic rings. The van der Waals surface area contributed by atoms with Crippen LogP contribution in [0.1, 0.15) is 16.9 Å². The van der Waals surface area contributed by atoms with Gasteiger partial charge in [-0.3, -0.25) is 4.79 Å². The highest BCUT2D eigenvalue weighted by molar-refractivity contribution is 7.16. The van der Waals surface area contributed by atoms with Gasteiger partial charge in [-0.1, -0.05) is 23.7 Å². The van der Waals surface area contributed by atoms with Gasteiger partial charge in [0.2, 0.25) is 5.91 Å². The first-order valence-corrected chi connectivity index (χ1v) is 7.46. The Hall–Kier alpha value is -1.39. The third kappa shape index (κ3) is 4.32. The van der Waals surface area contributed by atoms with E-state index in [0.29, 0.717) is 19.4 Å². The van der Waals surface area contributed by atoms with Crippen molar-refractivity contribution >= 4 is 28.8 Å². The molecule has 0 radical (unpaired) electrons. The molecule has 0 aliphatic rings. The molecule has 0 fully saturated rings. The number of benzene rings is 1. The predicted molar refractivity (Wildman–Crippen MR) is 80.5 cm³/mol. The van der Waals surface area contributed by atoms with Gasteiger partial charge in [-0.2, -0.15) is 0 Å². The maximum absolute atomic E-state index is 12.8. The molecule has 0 saturated carbocycles. The Labute approximate surface area is 126 Å². The quantitative estimate of drug-likeness (QED) is 0.813. The summed E-state index contributed by atoms with van der Waals surface area (Å²) in [6.45, 7) is 0.569. The molecule has 20 heavy (non-hydrogen) atoms. The molecule has 0 aliphatic carbocycles. The van der Waals surface area contributed by atoms with E-state index in [1.165, 1.54) is 23.5 Å². The average Bonchev–Trinajstić information content (AvgIpc) is 2.83. The molecule has 1 aromatic carbocycles. The summed E-state index contributed by atoms with van der Waals surface area (Å²) in [5.41, 5.74) is 0.965. The molecule has 0 aliphatic heterocycles. The number of thiophene rings is 1. The lowest BCUT2D eigenvalue weighted by Crippen LogP contribution is -2.25. The molecule has 0 atom stereocenters. The van der Waals surface area contributed by atoms with Gasteiger partial charge in [0.25, 0.3) is 0 Å². The molecule has 2 rings (SSSR count). The zero-order valence-electron chi connectivity index (χ0n) is 11.1. The second-order valence-corrected chi connectivity index (χ2v) is 6.38. The summed E-state index contributed by atoms with van der Waals surface area (Å²) in [5, 5.41) is 0. The number of hydrogen-bond acceptors (Lipinski definition) is 2. The van der Waals surface area contributed by atoms with Gasteiger partial charge in [-0.25, -0.2) is 4.39 Å². The van der Waals surface area contributed by atoms with Crippen LogP contribution in [-0.4, -0.2) is 17.9 Å². The van der Waals surface area contributed by atoms with Crippen molar-refractivity contribution < 1.29 is 9.18 Å². The van der Waals surface area contributed by atoms with Crippen LogP contribution in [0.4, 0.5) is 4.39 Å². The number of carbonyl (C=O) groups excluding carboxylic acids is 1. The highest BCUT2D eigenvalue weighted by Crippen LogP contribution is 2.22. The van der Waals surface area contributed by atoms with Crippen molar-refractivity contribution in [2.24, 2.45) is 0 Å². The summed E-state index contributed by atoms with van der Waals surface area (Å²) >= 11 is 7.34. The number of halogens is 2. The standard InChI is InChI=1S/C15H15ClFNOS/c1-18(10-13-7-8-14(16)20-13)15(19)9-4-11-2-5-12(17)6-3-11/h2-3,5-8H,4,9-10H2,1H3. The SMILES string of the molecule is CN(Cc1ccc(Cl)s1)C(=O)CCc1ccc(F)cc1. The van der Waals surface area contributed by atoms with E-state index in [0.717, 1.165) is 14.8 Å². The Balaban J connectivity index is 1.83. The molecular formula is C15H15ClFNOS. The minimum Gasteiger partial charge on any atom is -0.341 e. The maximum Gasteiger partial charge on any atom is 0.222 e. The van der Waals surface area contributed by atoms with E-state index in [1.54, 1.807) is 24.1 Å². The van der Waals surface area contributed by atoms with Gasteiger partial charge in [0.15, 0.2) is 0 Å². The number of hydrogen-bond donors (Lipinski definition) is 0. The van der Waals surface area contributed by atoms with Crippen LogP contribution >= 0.6 is 22.9 Å². The maximum atomic E-state index is 12.8. The van der Waals surface area contributed by atoms with Gasteiger partial charge in [-0.15, -0.1) is 11.3 Å². The number of nitrogens with zero attached hydrogens (tertiary/aromatic N) is 1. The van der Waals surface area contributed by atoms with E-state index in [2.05, 4.69) is 0 Å². The van der Waals surface area contributed by atoms with E-state index < -0.39 is 0 Å². The Morgan fingerprint density at radius 2 is 1.95 bits per heavy atom. The van der Waals surface area contributed by atoms with Gasteiger partial charge in [0.1, 0.15) is 5.82 Å². The van der Waals surface area contributed by atoms with Crippen LogP contribution in [0.3, 0.4) is 0 Å². The van der Waals surface area contributed by atoms with Gasteiger partial charge >= 0.3 is 0 Å². The van der Waals surface area contributed by atoms with Crippen LogP contribution in [0.2, 0.25) is 4.34 Å². The van der Waals surface area contributed by atoms with Crippen molar-refractivity contribution in [2.75, 3.05) is 7.05 Å². The van der Waals surface area contributed by atoms with Crippen molar-refractivity contribution in [1.29, 1.82) is 0 Å². The van der Waals surface area contributed by atoms with Gasteiger partial charge in [-0.05, 0) is 36.2 Å². The van der Waals surface area contributed by atoms with Crippen LogP contribution < -0.4 is 0 Å². The minimum absolute atomic E-state index is 0.0684. The van der Waals surface area contributed by atoms with Crippen LogP contribution in [0.15, 0.2) is 36.4 Å². The van der Waals surface area contributed by atoms with Crippen LogP contribution in [-0.2, 0) is 17.8 Å². The Morgan fingerprint density at radius 1 is 1.25 bits per heavy atom. The highest BCUT2D eigenvalue weighted by atomic mass is 35.5. The summed E-state index contributed by atoms with van der Waals surface area (Å²) in [6.07, 6.45) is 1.04. The zero-order valence-corrected chi connectivity index (χ0v) is 12.7. The number of aryl methyl sites for hydroxylation is 1. The average molecular weight is 312 g/mol. The Kier molecular flexibility index (Phi) is 5.15. The second kappa shape index (κ2) is 6.86. The fourth-order valence-corrected chi connectivity index (χ4v) is 2.99. The Morgan fingerprint density at radius 3 is 2.55 bits per heavy atom. The summed E-state index contributed by atoms with van der Waals surface area (Å²) in [4.78, 5) is 14.8. The first-order valence-electron chi connectivity index (χ1n) is 6.27. The van der Waals surface area contributed by atoms with E-state index in [9.17, 15) is 9.18 Å². The highest BCUT2D eigenvalue weighted by Gasteiger charge is 2.10. The number of carbonyl (C=O) groups is 1. The topological polar surface area (TPSA) is 20.3 Å². The van der Waals surface area contributed by atoms with Gasteiger partial charge in [0.05, 0.1) is 10.9 Å². The first-order chi connectivity index (χ1) is 9.54. The molecular weight excluding hydrogens is 297 g/mol. The summed E-state index contributed by atoms with van der Waals surface area (Å²) in [5.74, 6) is -0.189. The lowest BCUT2D eigenvalue weighted by molar-refractivity contribution is -0.130. The monoisotopic (exact) mass is 311 g/mol. The lowest BCUT2D eigenvalue weighted by Gasteiger charge is -2.16. The fourth-order valence-electron chi connectivity index (χ4n) is 1.85. The molecule has 1 heterocycles. The minimum atomic E-state index is -0.258. The van der Waals surface area contributed by atoms with E-state index >= 15 is 0 Å². The Bertz CT molecular complexity index is 582. The van der Waals surface area contributed by atoms with Gasteiger partial charge < -0.3 is 4.90 Å². The largest absolute Gasteiger partial charge is 0.341 e. The van der Waals surface area contributed by atoms with E-state index in [4.69, 9.17) is 11.6 Å². The zero-order chi connectivity index (χ0) is 14.5. The van der Waals surface area contributed by atoms with E-state index in [1.807, 2.05) is 12.1 Å². The summed E-state index contributed by atoms with van der Waals surface area (Å²) in [6, 6.07) is 10.0. The third-order valence-corrected chi connectivity index (χ3v) is 4.20. The number of rotatable bonds is 5. The molecule has 2 nitrogen and oxygen atoms in total. The molecule has 106 valence electrons. The van der Waals surface area contributed by atoms with Crippen LogP contribution in [0.25, 0.3) is 0 Å². The molecule has 0 saturated heterocycles. The molecule has 0 spiro atoms. The van der Waals surface area contributed by atoms with Crippen molar-refractivity contribution in [3.63, 3.8) is 0 Å². The van der Waals surface area contributed by atoms with Gasteiger partial charge in [0, 0.05) is 18.3 Å². The van der Waals surface area contributed by atoms with Crippen LogP contribution in [0, 0.1) is 5.82 Å². The molecule has 0 bridgehead atoms. The predicted octanol–water partition coefficient (Wildman–Crippen LogP) is 4.13. The summed E-state index contributed by atoms with van der Waals surface area (Å²) in [7, 11) is 1.78. The molecule has 1 aromatic heterocycles. The fraction of sp³-hybridized carbons (Fsp3) is 0.267. The number of amides is 1. The second-order valence-electron chi connectivity index (χ2n) is 4.58. The normalized spacial score (nSPS) is 10.6. The lowest BCUT2D eigenvalue weighted by atomic mass is 10.1. The van der Waals surface area contributed by atoms with Crippen molar-refractivity contribution in [1.82, 2.24) is 4.90 Å². The molecule has 1 amide bonds. The van der Waals surface area contributed by atoms with Crippen molar-refractivity contribution in [3.05, 3.63) is 57.0 Å². The summed E-state index contributed by atoms with van der Waals surface area (Å²) < 4.78 is 13.5. The smallest absolute Gasteiger partial charge is 0.222 e. The van der Waals surface area contributed by atoms with Crippen molar-refractivity contribution in [2.45, 2.75) is 19.4 Å². The first kappa shape index (κ1) is 15.0. The van der Waals surface area contributed by atoms with Crippen LogP contribution in [0.5, 0.6) is 0 Å². The third-order valence-electron chi connectivity index (χ3n) is 2.99. The molecule has 0 unspecified atom stereocenters. The van der Waals surface area contributed by atoms with Crippen molar-refractivity contribution in [3.8, 4) is 0 Å². The van der Waals surface area contributed by atoms with E-state index in [-0.39, 0.29) is 11.7 Å².